The van der Waals surface area contributed by atoms with Crippen molar-refractivity contribution in [3.8, 4) is 11.5 Å². The summed E-state index contributed by atoms with van der Waals surface area (Å²) < 4.78 is 12.5. The van der Waals surface area contributed by atoms with Crippen LogP contribution in [0, 0.1) is 6.92 Å². The number of nitrogens with one attached hydrogen (secondary N) is 1. The molecule has 3 rings (SSSR count). The molecule has 100 valence electrons. The second-order valence-corrected chi connectivity index (χ2v) is 4.67. The molecule has 0 saturated heterocycles. The maximum Gasteiger partial charge on any atom is 0.231 e. The first-order valence-electron chi connectivity index (χ1n) is 6.31. The van der Waals surface area contributed by atoms with Gasteiger partial charge in [-0.2, -0.15) is 5.10 Å². The number of hydrogen-bond acceptors (Lipinski definition) is 4. The second-order valence-electron chi connectivity index (χ2n) is 4.67. The van der Waals surface area contributed by atoms with Crippen molar-refractivity contribution in [1.29, 1.82) is 0 Å². The molecule has 0 unspecified atom stereocenters. The van der Waals surface area contributed by atoms with Gasteiger partial charge in [-0.15, -0.1) is 0 Å². The predicted octanol–water partition coefficient (Wildman–Crippen LogP) is 1.75. The van der Waals surface area contributed by atoms with Crippen molar-refractivity contribution in [2.75, 3.05) is 6.79 Å². The quantitative estimate of drug-likeness (QED) is 0.908. The van der Waals surface area contributed by atoms with Gasteiger partial charge in [-0.05, 0) is 24.6 Å². The first-order chi connectivity index (χ1) is 9.24. The van der Waals surface area contributed by atoms with Gasteiger partial charge in [0, 0.05) is 31.4 Å². The van der Waals surface area contributed by atoms with Crippen LogP contribution in [0.5, 0.6) is 11.5 Å². The Morgan fingerprint density at radius 3 is 2.89 bits per heavy atom. The number of nitrogens with zero attached hydrogens (tertiary/aromatic N) is 2. The molecule has 2 heterocycles. The SMILES string of the molecule is Cc1c(CNCc2ccc3c(c2)OCO3)cnn1C. The van der Waals surface area contributed by atoms with Gasteiger partial charge in [-0.25, -0.2) is 0 Å². The van der Waals surface area contributed by atoms with Crippen LogP contribution in [-0.2, 0) is 20.1 Å². The molecule has 5 nitrogen and oxygen atoms in total. The van der Waals surface area contributed by atoms with E-state index in [1.807, 2.05) is 30.1 Å². The summed E-state index contributed by atoms with van der Waals surface area (Å²) in [4.78, 5) is 0. The zero-order valence-corrected chi connectivity index (χ0v) is 11.1. The molecule has 5 heteroatoms. The smallest absolute Gasteiger partial charge is 0.231 e. The summed E-state index contributed by atoms with van der Waals surface area (Å²) in [5.74, 6) is 1.66. The molecule has 0 radical (unpaired) electrons. The molecule has 1 N–H and O–H groups in total. The van der Waals surface area contributed by atoms with Crippen molar-refractivity contribution in [2.24, 2.45) is 7.05 Å². The molecule has 0 aliphatic carbocycles. The van der Waals surface area contributed by atoms with Crippen LogP contribution in [-0.4, -0.2) is 16.6 Å². The molecule has 2 aromatic rings. The molecule has 0 bridgehead atoms. The molecular weight excluding hydrogens is 242 g/mol. The molecule has 0 fully saturated rings. The maximum atomic E-state index is 5.36. The number of aromatic nitrogens is 2. The fraction of sp³-hybridized carbons (Fsp3) is 0.357. The van der Waals surface area contributed by atoms with E-state index in [9.17, 15) is 0 Å². The lowest BCUT2D eigenvalue weighted by atomic mass is 10.2. The molecule has 0 amide bonds. The van der Waals surface area contributed by atoms with E-state index in [1.165, 1.54) is 16.8 Å². The Morgan fingerprint density at radius 2 is 2.11 bits per heavy atom. The molecule has 0 saturated carbocycles. The molecule has 19 heavy (non-hydrogen) atoms. The van der Waals surface area contributed by atoms with Gasteiger partial charge in [0.1, 0.15) is 0 Å². The van der Waals surface area contributed by atoms with E-state index in [4.69, 9.17) is 9.47 Å². The zero-order chi connectivity index (χ0) is 13.2. The molecule has 0 atom stereocenters. The summed E-state index contributed by atoms with van der Waals surface area (Å²) in [6.07, 6.45) is 1.90. The standard InChI is InChI=1S/C14H17N3O2/c1-10-12(8-16-17(10)2)7-15-6-11-3-4-13-14(5-11)19-9-18-13/h3-5,8,15H,6-7,9H2,1-2H3. The van der Waals surface area contributed by atoms with Crippen LogP contribution in [0.1, 0.15) is 16.8 Å². The number of rotatable bonds is 4. The van der Waals surface area contributed by atoms with Gasteiger partial charge < -0.3 is 14.8 Å². The van der Waals surface area contributed by atoms with Crippen molar-refractivity contribution in [3.63, 3.8) is 0 Å². The highest BCUT2D eigenvalue weighted by atomic mass is 16.7. The van der Waals surface area contributed by atoms with Crippen LogP contribution in [0.4, 0.5) is 0 Å². The van der Waals surface area contributed by atoms with Crippen molar-refractivity contribution >= 4 is 0 Å². The van der Waals surface area contributed by atoms with Crippen LogP contribution < -0.4 is 14.8 Å². The number of ether oxygens (including phenoxy) is 2. The van der Waals surface area contributed by atoms with E-state index in [0.29, 0.717) is 6.79 Å². The van der Waals surface area contributed by atoms with E-state index in [-0.39, 0.29) is 0 Å². The summed E-state index contributed by atoms with van der Waals surface area (Å²) >= 11 is 0. The molecule has 1 aromatic heterocycles. The Balaban J connectivity index is 1.59. The summed E-state index contributed by atoms with van der Waals surface area (Å²) in [5.41, 5.74) is 3.60. The fourth-order valence-electron chi connectivity index (χ4n) is 2.11. The number of fused-ring (bicyclic) bond motifs is 1. The molecule has 1 aliphatic rings. The Hall–Kier alpha value is -2.01. The summed E-state index contributed by atoms with van der Waals surface area (Å²) in [5, 5.41) is 7.64. The minimum absolute atomic E-state index is 0.321. The summed E-state index contributed by atoms with van der Waals surface area (Å²) in [6.45, 7) is 4.00. The lowest BCUT2D eigenvalue weighted by Crippen LogP contribution is -2.13. The van der Waals surface area contributed by atoms with Crippen molar-refractivity contribution in [1.82, 2.24) is 15.1 Å². The van der Waals surface area contributed by atoms with Gasteiger partial charge in [0.25, 0.3) is 0 Å². The van der Waals surface area contributed by atoms with Crippen LogP contribution in [0.2, 0.25) is 0 Å². The third kappa shape index (κ3) is 2.42. The van der Waals surface area contributed by atoms with Crippen LogP contribution >= 0.6 is 0 Å². The minimum Gasteiger partial charge on any atom is -0.454 e. The topological polar surface area (TPSA) is 48.3 Å². The van der Waals surface area contributed by atoms with Gasteiger partial charge in [0.15, 0.2) is 11.5 Å². The Bertz CT molecular complexity index is 592. The third-order valence-electron chi connectivity index (χ3n) is 3.42. The summed E-state index contributed by atoms with van der Waals surface area (Å²) in [6, 6.07) is 6.02. The van der Waals surface area contributed by atoms with Gasteiger partial charge in [0.05, 0.1) is 6.20 Å². The first-order valence-corrected chi connectivity index (χ1v) is 6.31. The average Bonchev–Trinajstić information content (AvgIpc) is 2.99. The summed E-state index contributed by atoms with van der Waals surface area (Å²) in [7, 11) is 1.96. The van der Waals surface area contributed by atoms with E-state index >= 15 is 0 Å². The molecule has 1 aliphatic heterocycles. The van der Waals surface area contributed by atoms with Crippen molar-refractivity contribution < 1.29 is 9.47 Å². The molecular formula is C14H17N3O2. The van der Waals surface area contributed by atoms with Crippen LogP contribution in [0.15, 0.2) is 24.4 Å². The number of benzene rings is 1. The monoisotopic (exact) mass is 259 g/mol. The zero-order valence-electron chi connectivity index (χ0n) is 11.1. The Labute approximate surface area is 112 Å². The van der Waals surface area contributed by atoms with E-state index in [2.05, 4.69) is 23.4 Å². The largest absolute Gasteiger partial charge is 0.454 e. The molecule has 0 spiro atoms. The number of hydrogen-bond donors (Lipinski definition) is 1. The third-order valence-corrected chi connectivity index (χ3v) is 3.42. The normalized spacial score (nSPS) is 12.9. The van der Waals surface area contributed by atoms with Gasteiger partial charge in [-0.3, -0.25) is 4.68 Å². The highest BCUT2D eigenvalue weighted by molar-refractivity contribution is 5.44. The van der Waals surface area contributed by atoms with Gasteiger partial charge in [-0.1, -0.05) is 6.07 Å². The highest BCUT2D eigenvalue weighted by Crippen LogP contribution is 2.32. The van der Waals surface area contributed by atoms with Crippen LogP contribution in [0.25, 0.3) is 0 Å². The Morgan fingerprint density at radius 1 is 1.26 bits per heavy atom. The molecule has 1 aromatic carbocycles. The maximum absolute atomic E-state index is 5.36. The predicted molar refractivity (Wildman–Crippen MR) is 71.1 cm³/mol. The first kappa shape index (κ1) is 12.0. The Kier molecular flexibility index (Phi) is 3.13. The van der Waals surface area contributed by atoms with Gasteiger partial charge in [0.2, 0.25) is 6.79 Å². The fourth-order valence-corrected chi connectivity index (χ4v) is 2.11. The average molecular weight is 259 g/mol. The lowest BCUT2D eigenvalue weighted by molar-refractivity contribution is 0.174. The van der Waals surface area contributed by atoms with Crippen molar-refractivity contribution in [2.45, 2.75) is 20.0 Å². The van der Waals surface area contributed by atoms with Crippen LogP contribution in [0.3, 0.4) is 0 Å². The van der Waals surface area contributed by atoms with Crippen molar-refractivity contribution in [3.05, 3.63) is 41.2 Å². The van der Waals surface area contributed by atoms with E-state index < -0.39 is 0 Å². The highest BCUT2D eigenvalue weighted by Gasteiger charge is 2.12. The lowest BCUT2D eigenvalue weighted by Gasteiger charge is -2.06. The number of aryl methyl sites for hydroxylation is 1. The van der Waals surface area contributed by atoms with E-state index in [1.54, 1.807) is 0 Å². The van der Waals surface area contributed by atoms with E-state index in [0.717, 1.165) is 24.6 Å². The second kappa shape index (κ2) is 4.93. The minimum atomic E-state index is 0.321. The van der Waals surface area contributed by atoms with Gasteiger partial charge >= 0.3 is 0 Å².